The SMILES string of the molecule is C#CCCN1CCN(C(=O)N2CCN(C(=O)OC(C)(C)C)CC2)CC1. The Balaban J connectivity index is 1.75. The van der Waals surface area contributed by atoms with Crippen LogP contribution in [0.1, 0.15) is 27.2 Å². The number of piperazine rings is 2. The molecule has 25 heavy (non-hydrogen) atoms. The number of hydrogen-bond donors (Lipinski definition) is 0. The summed E-state index contributed by atoms with van der Waals surface area (Å²) in [5, 5.41) is 0. The van der Waals surface area contributed by atoms with Gasteiger partial charge in [0.2, 0.25) is 0 Å². The molecule has 0 aromatic rings. The Labute approximate surface area is 150 Å². The van der Waals surface area contributed by atoms with E-state index in [1.807, 2.05) is 30.6 Å². The van der Waals surface area contributed by atoms with Crippen LogP contribution in [0.25, 0.3) is 0 Å². The van der Waals surface area contributed by atoms with Crippen LogP contribution >= 0.6 is 0 Å². The molecule has 2 aliphatic heterocycles. The zero-order valence-electron chi connectivity index (χ0n) is 15.7. The van der Waals surface area contributed by atoms with Crippen molar-refractivity contribution in [2.24, 2.45) is 0 Å². The molecule has 140 valence electrons. The molecule has 7 heteroatoms. The van der Waals surface area contributed by atoms with Crippen molar-refractivity contribution < 1.29 is 14.3 Å². The van der Waals surface area contributed by atoms with Gasteiger partial charge in [-0.3, -0.25) is 4.90 Å². The molecular formula is C18H30N4O3. The lowest BCUT2D eigenvalue weighted by Gasteiger charge is -2.40. The van der Waals surface area contributed by atoms with Crippen LogP contribution in [-0.4, -0.2) is 96.2 Å². The van der Waals surface area contributed by atoms with E-state index in [1.165, 1.54) is 0 Å². The van der Waals surface area contributed by atoms with E-state index in [9.17, 15) is 9.59 Å². The minimum absolute atomic E-state index is 0.0699. The van der Waals surface area contributed by atoms with Gasteiger partial charge in [-0.2, -0.15) is 0 Å². The van der Waals surface area contributed by atoms with Gasteiger partial charge in [0.15, 0.2) is 0 Å². The van der Waals surface area contributed by atoms with Crippen LogP contribution in [0, 0.1) is 12.3 Å². The Morgan fingerprint density at radius 2 is 1.40 bits per heavy atom. The quantitative estimate of drug-likeness (QED) is 0.705. The van der Waals surface area contributed by atoms with Gasteiger partial charge in [0.1, 0.15) is 5.60 Å². The van der Waals surface area contributed by atoms with Gasteiger partial charge in [-0.15, -0.1) is 12.3 Å². The predicted molar refractivity (Wildman–Crippen MR) is 96.2 cm³/mol. The molecule has 2 heterocycles. The fraction of sp³-hybridized carbons (Fsp3) is 0.778. The molecule has 0 aromatic carbocycles. The van der Waals surface area contributed by atoms with E-state index in [0.717, 1.165) is 39.1 Å². The summed E-state index contributed by atoms with van der Waals surface area (Å²) in [5.41, 5.74) is -0.497. The van der Waals surface area contributed by atoms with Crippen molar-refractivity contribution in [2.75, 3.05) is 58.9 Å². The van der Waals surface area contributed by atoms with Gasteiger partial charge in [-0.05, 0) is 20.8 Å². The third-order valence-corrected chi connectivity index (χ3v) is 4.42. The molecule has 2 rings (SSSR count). The van der Waals surface area contributed by atoms with Crippen molar-refractivity contribution >= 4 is 12.1 Å². The number of rotatable bonds is 2. The molecule has 2 aliphatic rings. The first-order valence-corrected chi connectivity index (χ1v) is 8.98. The second kappa shape index (κ2) is 8.43. The average Bonchev–Trinajstić information content (AvgIpc) is 2.58. The first-order valence-electron chi connectivity index (χ1n) is 8.98. The Morgan fingerprint density at radius 3 is 1.88 bits per heavy atom. The van der Waals surface area contributed by atoms with Crippen molar-refractivity contribution in [3.8, 4) is 12.3 Å². The van der Waals surface area contributed by atoms with E-state index in [1.54, 1.807) is 4.90 Å². The minimum atomic E-state index is -0.497. The largest absolute Gasteiger partial charge is 0.444 e. The van der Waals surface area contributed by atoms with E-state index in [4.69, 9.17) is 11.2 Å². The molecule has 0 aromatic heterocycles. The standard InChI is InChI=1S/C18H30N4O3/c1-5-6-7-19-8-10-20(11-9-19)16(23)21-12-14-22(15-13-21)17(24)25-18(2,3)4/h1H,6-15H2,2-4H3. The van der Waals surface area contributed by atoms with Gasteiger partial charge in [0.25, 0.3) is 0 Å². The number of nitrogens with zero attached hydrogens (tertiary/aromatic N) is 4. The molecule has 2 saturated heterocycles. The third kappa shape index (κ3) is 5.82. The van der Waals surface area contributed by atoms with Crippen molar-refractivity contribution in [3.05, 3.63) is 0 Å². The van der Waals surface area contributed by atoms with E-state index in [2.05, 4.69) is 10.8 Å². The molecule has 0 aliphatic carbocycles. The lowest BCUT2D eigenvalue weighted by molar-refractivity contribution is 0.0151. The molecule has 0 bridgehead atoms. The van der Waals surface area contributed by atoms with Crippen LogP contribution in [0.15, 0.2) is 0 Å². The molecular weight excluding hydrogens is 320 g/mol. The fourth-order valence-electron chi connectivity index (χ4n) is 2.99. The van der Waals surface area contributed by atoms with Crippen molar-refractivity contribution in [2.45, 2.75) is 32.8 Å². The maximum absolute atomic E-state index is 12.6. The summed E-state index contributed by atoms with van der Waals surface area (Å²) in [6, 6.07) is 0.0699. The summed E-state index contributed by atoms with van der Waals surface area (Å²) >= 11 is 0. The summed E-state index contributed by atoms with van der Waals surface area (Å²) in [4.78, 5) is 32.4. The molecule has 0 radical (unpaired) electrons. The number of carbonyl (C=O) groups excluding carboxylic acids is 2. The van der Waals surface area contributed by atoms with Gasteiger partial charge >= 0.3 is 12.1 Å². The molecule has 0 N–H and O–H groups in total. The van der Waals surface area contributed by atoms with E-state index < -0.39 is 5.60 Å². The second-order valence-corrected chi connectivity index (χ2v) is 7.52. The highest BCUT2D eigenvalue weighted by molar-refractivity contribution is 5.75. The zero-order chi connectivity index (χ0) is 18.4. The summed E-state index contributed by atoms with van der Waals surface area (Å²) < 4.78 is 5.39. The number of amides is 3. The lowest BCUT2D eigenvalue weighted by atomic mass is 10.2. The van der Waals surface area contributed by atoms with Crippen molar-refractivity contribution in [1.82, 2.24) is 19.6 Å². The topological polar surface area (TPSA) is 56.3 Å². The minimum Gasteiger partial charge on any atom is -0.444 e. The first-order chi connectivity index (χ1) is 11.8. The van der Waals surface area contributed by atoms with E-state index in [0.29, 0.717) is 26.2 Å². The van der Waals surface area contributed by atoms with E-state index >= 15 is 0 Å². The number of terminal acetylenes is 1. The molecule has 2 fully saturated rings. The molecule has 0 unspecified atom stereocenters. The van der Waals surface area contributed by atoms with E-state index in [-0.39, 0.29) is 12.1 Å². The number of hydrogen-bond acceptors (Lipinski definition) is 4. The summed E-state index contributed by atoms with van der Waals surface area (Å²) in [7, 11) is 0. The first kappa shape index (κ1) is 19.4. The smallest absolute Gasteiger partial charge is 0.410 e. The van der Waals surface area contributed by atoms with Crippen LogP contribution in [-0.2, 0) is 4.74 Å². The summed E-state index contributed by atoms with van der Waals surface area (Å²) in [6.45, 7) is 11.8. The van der Waals surface area contributed by atoms with Gasteiger partial charge in [0, 0.05) is 65.3 Å². The zero-order valence-corrected chi connectivity index (χ0v) is 15.7. The van der Waals surface area contributed by atoms with Crippen LogP contribution in [0.3, 0.4) is 0 Å². The highest BCUT2D eigenvalue weighted by Crippen LogP contribution is 2.13. The average molecular weight is 350 g/mol. The lowest BCUT2D eigenvalue weighted by Crippen LogP contribution is -2.57. The number of ether oxygens (including phenoxy) is 1. The molecule has 3 amide bonds. The Morgan fingerprint density at radius 1 is 0.920 bits per heavy atom. The number of carbonyl (C=O) groups is 2. The highest BCUT2D eigenvalue weighted by atomic mass is 16.6. The normalized spacial score (nSPS) is 19.5. The monoisotopic (exact) mass is 350 g/mol. The molecule has 0 saturated carbocycles. The van der Waals surface area contributed by atoms with Crippen LogP contribution < -0.4 is 0 Å². The summed E-state index contributed by atoms with van der Waals surface area (Å²) in [6.07, 6.45) is 5.75. The van der Waals surface area contributed by atoms with Gasteiger partial charge in [0.05, 0.1) is 0 Å². The van der Waals surface area contributed by atoms with Crippen LogP contribution in [0.5, 0.6) is 0 Å². The third-order valence-electron chi connectivity index (χ3n) is 4.42. The van der Waals surface area contributed by atoms with Crippen LogP contribution in [0.4, 0.5) is 9.59 Å². The predicted octanol–water partition coefficient (Wildman–Crippen LogP) is 1.30. The van der Waals surface area contributed by atoms with Gasteiger partial charge in [-0.1, -0.05) is 0 Å². The fourth-order valence-corrected chi connectivity index (χ4v) is 2.99. The Bertz CT molecular complexity index is 507. The van der Waals surface area contributed by atoms with Crippen molar-refractivity contribution in [3.63, 3.8) is 0 Å². The maximum atomic E-state index is 12.6. The molecule has 0 atom stereocenters. The maximum Gasteiger partial charge on any atom is 0.410 e. The van der Waals surface area contributed by atoms with Gasteiger partial charge in [-0.25, -0.2) is 9.59 Å². The Hall–Kier alpha value is -1.94. The molecule has 0 spiro atoms. The van der Waals surface area contributed by atoms with Crippen molar-refractivity contribution in [1.29, 1.82) is 0 Å². The van der Waals surface area contributed by atoms with Gasteiger partial charge < -0.3 is 19.4 Å². The highest BCUT2D eigenvalue weighted by Gasteiger charge is 2.30. The second-order valence-electron chi connectivity index (χ2n) is 7.52. The number of urea groups is 1. The molecule has 7 nitrogen and oxygen atoms in total. The van der Waals surface area contributed by atoms with Crippen LogP contribution in [0.2, 0.25) is 0 Å². The Kier molecular flexibility index (Phi) is 6.54. The summed E-state index contributed by atoms with van der Waals surface area (Å²) in [5.74, 6) is 2.66.